The normalized spacial score (nSPS) is 11.9. The van der Waals surface area contributed by atoms with Crippen LogP contribution in [-0.2, 0) is 16.0 Å². The van der Waals surface area contributed by atoms with Crippen LogP contribution < -0.4 is 9.47 Å². The fourth-order valence-electron chi connectivity index (χ4n) is 3.25. The lowest BCUT2D eigenvalue weighted by atomic mass is 10.0. The van der Waals surface area contributed by atoms with E-state index in [2.05, 4.69) is 4.98 Å². The van der Waals surface area contributed by atoms with Gasteiger partial charge in [0, 0.05) is 22.2 Å². The van der Waals surface area contributed by atoms with E-state index in [1.54, 1.807) is 32.2 Å². The molecule has 0 aliphatic rings. The van der Waals surface area contributed by atoms with Crippen molar-refractivity contribution in [1.29, 1.82) is 0 Å². The average molecular weight is 381 g/mol. The first-order valence-corrected chi connectivity index (χ1v) is 8.96. The van der Waals surface area contributed by atoms with Crippen molar-refractivity contribution in [2.75, 3.05) is 14.2 Å². The van der Waals surface area contributed by atoms with Gasteiger partial charge in [0.05, 0.1) is 20.6 Å². The van der Waals surface area contributed by atoms with E-state index in [-0.39, 0.29) is 12.2 Å². The van der Waals surface area contributed by atoms with Crippen LogP contribution in [0.4, 0.5) is 0 Å². The summed E-state index contributed by atoms with van der Waals surface area (Å²) in [4.78, 5) is 28.4. The van der Waals surface area contributed by atoms with Gasteiger partial charge in [-0.15, -0.1) is 0 Å². The van der Waals surface area contributed by atoms with Crippen molar-refractivity contribution < 1.29 is 23.8 Å². The first-order valence-electron chi connectivity index (χ1n) is 8.96. The zero-order chi connectivity index (χ0) is 20.3. The predicted molar refractivity (Wildman–Crippen MR) is 106 cm³/mol. The summed E-state index contributed by atoms with van der Waals surface area (Å²) in [5.41, 5.74) is 2.91. The SMILES string of the molecule is COc1ccc(CC(=O)O[C@@H](C)C(=O)c2c(C)[nH]c3ccccc23)cc1OC. The highest BCUT2D eigenvalue weighted by Crippen LogP contribution is 2.28. The number of fused-ring (bicyclic) bond motifs is 1. The van der Waals surface area contributed by atoms with E-state index in [4.69, 9.17) is 14.2 Å². The lowest BCUT2D eigenvalue weighted by Gasteiger charge is -2.13. The average Bonchev–Trinajstić information content (AvgIpc) is 3.02. The Morgan fingerprint density at radius 1 is 1.04 bits per heavy atom. The molecule has 0 spiro atoms. The molecule has 6 heteroatoms. The maximum Gasteiger partial charge on any atom is 0.310 e. The number of carbonyl (C=O) groups excluding carboxylic acids is 2. The summed E-state index contributed by atoms with van der Waals surface area (Å²) in [5, 5.41) is 0.827. The standard InChI is InChI=1S/C22H23NO5/c1-13-21(16-7-5-6-8-17(16)23-13)22(25)14(2)28-20(24)12-15-9-10-18(26-3)19(11-15)27-4/h5-11,14,23H,12H2,1-4H3/t14-/m0/s1. The van der Waals surface area contributed by atoms with Gasteiger partial charge in [-0.2, -0.15) is 0 Å². The van der Waals surface area contributed by atoms with Gasteiger partial charge in [-0.05, 0) is 37.6 Å². The van der Waals surface area contributed by atoms with Crippen molar-refractivity contribution in [2.24, 2.45) is 0 Å². The highest BCUT2D eigenvalue weighted by Gasteiger charge is 2.24. The van der Waals surface area contributed by atoms with E-state index >= 15 is 0 Å². The van der Waals surface area contributed by atoms with E-state index in [0.29, 0.717) is 22.6 Å². The van der Waals surface area contributed by atoms with Crippen molar-refractivity contribution in [3.8, 4) is 11.5 Å². The first kappa shape index (κ1) is 19.5. The molecule has 0 unspecified atom stereocenters. The molecule has 0 bridgehead atoms. The van der Waals surface area contributed by atoms with Gasteiger partial charge in [0.2, 0.25) is 5.78 Å². The maximum atomic E-state index is 12.9. The van der Waals surface area contributed by atoms with E-state index in [0.717, 1.165) is 16.6 Å². The van der Waals surface area contributed by atoms with Crippen LogP contribution in [0, 0.1) is 6.92 Å². The third-order valence-electron chi connectivity index (χ3n) is 4.61. The van der Waals surface area contributed by atoms with E-state index < -0.39 is 12.1 Å². The molecular formula is C22H23NO5. The summed E-state index contributed by atoms with van der Waals surface area (Å²) in [6.45, 7) is 3.43. The minimum absolute atomic E-state index is 0.0326. The van der Waals surface area contributed by atoms with Crippen LogP contribution in [0.1, 0.15) is 28.5 Å². The largest absolute Gasteiger partial charge is 0.493 e. The summed E-state index contributed by atoms with van der Waals surface area (Å²) >= 11 is 0. The Labute approximate surface area is 163 Å². The zero-order valence-corrected chi connectivity index (χ0v) is 16.4. The monoisotopic (exact) mass is 381 g/mol. The Bertz CT molecular complexity index is 1020. The van der Waals surface area contributed by atoms with Crippen LogP contribution >= 0.6 is 0 Å². The molecule has 1 aromatic heterocycles. The number of carbonyl (C=O) groups is 2. The summed E-state index contributed by atoms with van der Waals surface area (Å²) in [6.07, 6.45) is -0.851. The molecule has 6 nitrogen and oxygen atoms in total. The Balaban J connectivity index is 1.72. The van der Waals surface area contributed by atoms with Gasteiger partial charge >= 0.3 is 5.97 Å². The lowest BCUT2D eigenvalue weighted by Crippen LogP contribution is -2.25. The molecule has 2 aromatic carbocycles. The molecule has 0 fully saturated rings. The highest BCUT2D eigenvalue weighted by molar-refractivity contribution is 6.11. The van der Waals surface area contributed by atoms with Crippen molar-refractivity contribution in [2.45, 2.75) is 26.4 Å². The first-order chi connectivity index (χ1) is 13.4. The number of aryl methyl sites for hydroxylation is 1. The second kappa shape index (κ2) is 8.17. The van der Waals surface area contributed by atoms with Gasteiger partial charge in [-0.3, -0.25) is 9.59 Å². The third kappa shape index (κ3) is 3.86. The Hall–Kier alpha value is -3.28. The molecule has 0 aliphatic heterocycles. The number of nitrogens with one attached hydrogen (secondary N) is 1. The minimum atomic E-state index is -0.884. The number of aromatic amines is 1. The number of H-pyrrole nitrogens is 1. The molecule has 28 heavy (non-hydrogen) atoms. The molecule has 3 aromatic rings. The topological polar surface area (TPSA) is 77.6 Å². The molecule has 0 aliphatic carbocycles. The molecule has 0 saturated carbocycles. The number of para-hydroxylation sites is 1. The molecule has 1 atom stereocenters. The van der Waals surface area contributed by atoms with Crippen LogP contribution in [0.25, 0.3) is 10.9 Å². The molecule has 0 amide bonds. The summed E-state index contributed by atoms with van der Waals surface area (Å²) < 4.78 is 15.8. The van der Waals surface area contributed by atoms with Crippen molar-refractivity contribution in [3.63, 3.8) is 0 Å². The predicted octanol–water partition coefficient (Wildman–Crippen LogP) is 3.85. The third-order valence-corrected chi connectivity index (χ3v) is 4.61. The number of esters is 1. The van der Waals surface area contributed by atoms with Crippen LogP contribution in [0.5, 0.6) is 11.5 Å². The fourth-order valence-corrected chi connectivity index (χ4v) is 3.25. The van der Waals surface area contributed by atoms with E-state index in [1.807, 2.05) is 31.2 Å². The number of hydrogen-bond acceptors (Lipinski definition) is 5. The van der Waals surface area contributed by atoms with Gasteiger partial charge in [-0.25, -0.2) is 0 Å². The van der Waals surface area contributed by atoms with Gasteiger partial charge in [-0.1, -0.05) is 24.3 Å². The number of hydrogen-bond donors (Lipinski definition) is 1. The molecule has 3 rings (SSSR count). The molecule has 1 N–H and O–H groups in total. The minimum Gasteiger partial charge on any atom is -0.493 e. The molecular weight excluding hydrogens is 358 g/mol. The number of ketones is 1. The second-order valence-corrected chi connectivity index (χ2v) is 6.53. The number of ether oxygens (including phenoxy) is 3. The van der Waals surface area contributed by atoms with Gasteiger partial charge < -0.3 is 19.2 Å². The van der Waals surface area contributed by atoms with Crippen molar-refractivity contribution in [1.82, 2.24) is 4.98 Å². The Morgan fingerprint density at radius 2 is 1.75 bits per heavy atom. The van der Waals surface area contributed by atoms with E-state index in [9.17, 15) is 9.59 Å². The van der Waals surface area contributed by atoms with Crippen molar-refractivity contribution in [3.05, 3.63) is 59.3 Å². The van der Waals surface area contributed by atoms with Crippen LogP contribution in [-0.4, -0.2) is 37.1 Å². The van der Waals surface area contributed by atoms with Crippen molar-refractivity contribution >= 4 is 22.7 Å². The van der Waals surface area contributed by atoms with Crippen LogP contribution in [0.3, 0.4) is 0 Å². The molecule has 146 valence electrons. The zero-order valence-electron chi connectivity index (χ0n) is 16.4. The van der Waals surface area contributed by atoms with Gasteiger partial charge in [0.25, 0.3) is 0 Å². The second-order valence-electron chi connectivity index (χ2n) is 6.53. The quantitative estimate of drug-likeness (QED) is 0.497. The van der Waals surface area contributed by atoms with Gasteiger partial charge in [0.1, 0.15) is 0 Å². The van der Waals surface area contributed by atoms with Crippen LogP contribution in [0.15, 0.2) is 42.5 Å². The number of methoxy groups -OCH3 is 2. The number of aromatic nitrogens is 1. The Morgan fingerprint density at radius 3 is 2.46 bits per heavy atom. The smallest absolute Gasteiger partial charge is 0.310 e. The summed E-state index contributed by atoms with van der Waals surface area (Å²) in [6, 6.07) is 12.8. The van der Waals surface area contributed by atoms with Crippen LogP contribution in [0.2, 0.25) is 0 Å². The molecule has 0 saturated heterocycles. The summed E-state index contributed by atoms with van der Waals surface area (Å²) in [7, 11) is 3.08. The van der Waals surface area contributed by atoms with Gasteiger partial charge in [0.15, 0.2) is 17.6 Å². The highest BCUT2D eigenvalue weighted by atomic mass is 16.5. The Kier molecular flexibility index (Phi) is 5.68. The van der Waals surface area contributed by atoms with E-state index in [1.165, 1.54) is 7.11 Å². The fraction of sp³-hybridized carbons (Fsp3) is 0.273. The number of benzene rings is 2. The number of rotatable bonds is 7. The summed E-state index contributed by atoms with van der Waals surface area (Å²) in [5.74, 6) is 0.408. The molecule has 0 radical (unpaired) electrons. The maximum absolute atomic E-state index is 12.9. The number of Topliss-reactive ketones (excluding diaryl/α,β-unsaturated/α-hetero) is 1. The molecule has 1 heterocycles. The lowest BCUT2D eigenvalue weighted by molar-refractivity contribution is -0.145.